The lowest BCUT2D eigenvalue weighted by molar-refractivity contribution is 0.522. The van der Waals surface area contributed by atoms with Gasteiger partial charge >= 0.3 is 0 Å². The van der Waals surface area contributed by atoms with Crippen molar-refractivity contribution in [1.29, 1.82) is 0 Å². The van der Waals surface area contributed by atoms with E-state index in [4.69, 9.17) is 11.6 Å². The van der Waals surface area contributed by atoms with Crippen molar-refractivity contribution in [1.82, 2.24) is 14.8 Å². The van der Waals surface area contributed by atoms with Crippen LogP contribution < -0.4 is 0 Å². The van der Waals surface area contributed by atoms with Gasteiger partial charge in [-0.3, -0.25) is 4.68 Å². The molecule has 0 saturated carbocycles. The maximum atomic E-state index is 13.2. The third-order valence-electron chi connectivity index (χ3n) is 3.10. The standard InChI is InChI=1S/C14H17ClFN3/c1-2-19-14(17-10-18-19)8-12(9-15)6-11-4-3-5-13(16)7-11/h3-5,7,10,12H,2,6,8-9H2,1H3. The number of alkyl halides is 1. The van der Waals surface area contributed by atoms with Crippen LogP contribution in [0.3, 0.4) is 0 Å². The fraction of sp³-hybridized carbons (Fsp3) is 0.429. The monoisotopic (exact) mass is 281 g/mol. The van der Waals surface area contributed by atoms with Gasteiger partial charge in [0.05, 0.1) is 0 Å². The van der Waals surface area contributed by atoms with Gasteiger partial charge in [-0.15, -0.1) is 11.6 Å². The molecule has 2 rings (SSSR count). The predicted molar refractivity (Wildman–Crippen MR) is 73.7 cm³/mol. The molecule has 1 heterocycles. The predicted octanol–water partition coefficient (Wildman–Crippen LogP) is 3.08. The van der Waals surface area contributed by atoms with E-state index < -0.39 is 0 Å². The number of hydrogen-bond acceptors (Lipinski definition) is 2. The van der Waals surface area contributed by atoms with Gasteiger partial charge in [0.2, 0.25) is 0 Å². The molecule has 0 aliphatic rings. The lowest BCUT2D eigenvalue weighted by Gasteiger charge is -2.14. The van der Waals surface area contributed by atoms with Crippen LogP contribution in [0.2, 0.25) is 0 Å². The van der Waals surface area contributed by atoms with E-state index in [9.17, 15) is 4.39 Å². The number of hydrogen-bond donors (Lipinski definition) is 0. The zero-order chi connectivity index (χ0) is 13.7. The van der Waals surface area contributed by atoms with Crippen molar-refractivity contribution in [2.45, 2.75) is 26.3 Å². The molecule has 1 unspecified atom stereocenters. The Morgan fingerprint density at radius 3 is 2.89 bits per heavy atom. The molecular formula is C14H17ClFN3. The Kier molecular flexibility index (Phi) is 4.91. The van der Waals surface area contributed by atoms with Crippen molar-refractivity contribution in [2.75, 3.05) is 5.88 Å². The van der Waals surface area contributed by atoms with E-state index in [0.717, 1.165) is 30.8 Å². The number of rotatable bonds is 6. The number of nitrogens with zero attached hydrogens (tertiary/aromatic N) is 3. The lowest BCUT2D eigenvalue weighted by atomic mass is 9.97. The van der Waals surface area contributed by atoms with Crippen LogP contribution in [-0.2, 0) is 19.4 Å². The van der Waals surface area contributed by atoms with E-state index in [1.54, 1.807) is 18.5 Å². The zero-order valence-corrected chi connectivity index (χ0v) is 11.6. The van der Waals surface area contributed by atoms with E-state index in [2.05, 4.69) is 10.1 Å². The molecule has 1 aromatic heterocycles. The van der Waals surface area contributed by atoms with Crippen LogP contribution in [0.1, 0.15) is 18.3 Å². The molecule has 0 amide bonds. The molecular weight excluding hydrogens is 265 g/mol. The summed E-state index contributed by atoms with van der Waals surface area (Å²) in [6.07, 6.45) is 3.07. The minimum Gasteiger partial charge on any atom is -0.250 e. The highest BCUT2D eigenvalue weighted by Gasteiger charge is 2.14. The lowest BCUT2D eigenvalue weighted by Crippen LogP contribution is -2.14. The summed E-state index contributed by atoms with van der Waals surface area (Å²) < 4.78 is 15.0. The van der Waals surface area contributed by atoms with Gasteiger partial charge in [0.1, 0.15) is 18.0 Å². The Morgan fingerprint density at radius 1 is 1.37 bits per heavy atom. The molecule has 0 aliphatic heterocycles. The topological polar surface area (TPSA) is 30.7 Å². The first kappa shape index (κ1) is 14.0. The summed E-state index contributed by atoms with van der Waals surface area (Å²) >= 11 is 6.02. The van der Waals surface area contributed by atoms with Crippen LogP contribution in [0.5, 0.6) is 0 Å². The molecule has 0 saturated heterocycles. The van der Waals surface area contributed by atoms with Gasteiger partial charge in [0.25, 0.3) is 0 Å². The van der Waals surface area contributed by atoms with Crippen LogP contribution in [-0.4, -0.2) is 20.6 Å². The normalized spacial score (nSPS) is 12.6. The van der Waals surface area contributed by atoms with Gasteiger partial charge < -0.3 is 0 Å². The van der Waals surface area contributed by atoms with Crippen molar-refractivity contribution >= 4 is 11.6 Å². The number of aryl methyl sites for hydroxylation is 1. The van der Waals surface area contributed by atoms with E-state index in [1.807, 2.05) is 17.7 Å². The first-order valence-electron chi connectivity index (χ1n) is 6.40. The molecule has 3 nitrogen and oxygen atoms in total. The van der Waals surface area contributed by atoms with Crippen LogP contribution in [0.4, 0.5) is 4.39 Å². The molecule has 2 aromatic rings. The van der Waals surface area contributed by atoms with E-state index >= 15 is 0 Å². The van der Waals surface area contributed by atoms with Crippen LogP contribution >= 0.6 is 11.6 Å². The molecule has 0 N–H and O–H groups in total. The fourth-order valence-electron chi connectivity index (χ4n) is 2.15. The van der Waals surface area contributed by atoms with Gasteiger partial charge in [0, 0.05) is 18.8 Å². The van der Waals surface area contributed by atoms with Gasteiger partial charge in [0.15, 0.2) is 0 Å². The fourth-order valence-corrected chi connectivity index (χ4v) is 2.37. The maximum absolute atomic E-state index is 13.2. The molecule has 0 radical (unpaired) electrons. The van der Waals surface area contributed by atoms with Crippen molar-refractivity contribution in [2.24, 2.45) is 5.92 Å². The summed E-state index contributed by atoms with van der Waals surface area (Å²) in [6.45, 7) is 2.82. The van der Waals surface area contributed by atoms with Crippen molar-refractivity contribution < 1.29 is 4.39 Å². The maximum Gasteiger partial charge on any atom is 0.138 e. The van der Waals surface area contributed by atoms with Crippen LogP contribution in [0, 0.1) is 11.7 Å². The van der Waals surface area contributed by atoms with Gasteiger partial charge in [-0.1, -0.05) is 12.1 Å². The Labute approximate surface area is 117 Å². The third kappa shape index (κ3) is 3.77. The van der Waals surface area contributed by atoms with Gasteiger partial charge in [-0.25, -0.2) is 9.37 Å². The van der Waals surface area contributed by atoms with Gasteiger partial charge in [-0.2, -0.15) is 5.10 Å². The molecule has 19 heavy (non-hydrogen) atoms. The van der Waals surface area contributed by atoms with Gasteiger partial charge in [-0.05, 0) is 37.0 Å². The second-order valence-electron chi connectivity index (χ2n) is 4.55. The molecule has 1 atom stereocenters. The largest absolute Gasteiger partial charge is 0.250 e. The van der Waals surface area contributed by atoms with Crippen LogP contribution in [0.15, 0.2) is 30.6 Å². The number of benzene rings is 1. The Bertz CT molecular complexity index is 527. The smallest absolute Gasteiger partial charge is 0.138 e. The Hall–Kier alpha value is -1.42. The number of aromatic nitrogens is 3. The summed E-state index contributed by atoms with van der Waals surface area (Å²) in [5, 5.41) is 4.15. The Balaban J connectivity index is 2.04. The quantitative estimate of drug-likeness (QED) is 0.762. The molecule has 1 aromatic carbocycles. The first-order chi connectivity index (χ1) is 9.22. The molecule has 5 heteroatoms. The molecule has 0 fully saturated rings. The van der Waals surface area contributed by atoms with E-state index in [-0.39, 0.29) is 11.7 Å². The first-order valence-corrected chi connectivity index (χ1v) is 6.93. The molecule has 0 bridgehead atoms. The Morgan fingerprint density at radius 2 is 2.21 bits per heavy atom. The summed E-state index contributed by atoms with van der Waals surface area (Å²) in [7, 11) is 0. The highest BCUT2D eigenvalue weighted by Crippen LogP contribution is 2.16. The summed E-state index contributed by atoms with van der Waals surface area (Å²) in [6, 6.07) is 6.66. The van der Waals surface area contributed by atoms with E-state index in [0.29, 0.717) is 5.88 Å². The average Bonchev–Trinajstić information content (AvgIpc) is 2.85. The molecule has 0 aliphatic carbocycles. The second kappa shape index (κ2) is 6.66. The summed E-state index contributed by atoms with van der Waals surface area (Å²) in [5.41, 5.74) is 0.966. The average molecular weight is 282 g/mol. The second-order valence-corrected chi connectivity index (χ2v) is 4.86. The SMILES string of the molecule is CCn1ncnc1CC(CCl)Cc1cccc(F)c1. The third-order valence-corrected chi connectivity index (χ3v) is 3.53. The van der Waals surface area contributed by atoms with Crippen LogP contribution in [0.25, 0.3) is 0 Å². The highest BCUT2D eigenvalue weighted by atomic mass is 35.5. The number of halogens is 2. The summed E-state index contributed by atoms with van der Waals surface area (Å²) in [5.74, 6) is 1.48. The van der Waals surface area contributed by atoms with Crippen molar-refractivity contribution in [3.8, 4) is 0 Å². The van der Waals surface area contributed by atoms with E-state index in [1.165, 1.54) is 6.07 Å². The summed E-state index contributed by atoms with van der Waals surface area (Å²) in [4.78, 5) is 4.25. The minimum absolute atomic E-state index is 0.206. The van der Waals surface area contributed by atoms with Crippen molar-refractivity contribution in [3.05, 3.63) is 47.8 Å². The molecule has 0 spiro atoms. The highest BCUT2D eigenvalue weighted by molar-refractivity contribution is 6.18. The van der Waals surface area contributed by atoms with Crippen molar-refractivity contribution in [3.63, 3.8) is 0 Å². The molecule has 102 valence electrons. The minimum atomic E-state index is -0.206. The zero-order valence-electron chi connectivity index (χ0n) is 10.9.